The van der Waals surface area contributed by atoms with Crippen molar-refractivity contribution in [2.24, 2.45) is 0 Å². The van der Waals surface area contributed by atoms with E-state index in [0.29, 0.717) is 44.0 Å². The molecule has 10 nitrogen and oxygen atoms in total. The van der Waals surface area contributed by atoms with Crippen LogP contribution in [0, 0.1) is 0 Å². The van der Waals surface area contributed by atoms with E-state index in [1.54, 1.807) is 11.0 Å². The smallest absolute Gasteiger partial charge is 0.493 e. The zero-order chi connectivity index (χ0) is 25.4. The lowest BCUT2D eigenvalue weighted by molar-refractivity contribution is -0.0436. The van der Waals surface area contributed by atoms with E-state index in [1.165, 1.54) is 12.4 Å². The van der Waals surface area contributed by atoms with E-state index in [-0.39, 0.29) is 23.7 Å². The summed E-state index contributed by atoms with van der Waals surface area (Å²) in [5.74, 6) is -0.814. The van der Waals surface area contributed by atoms with Gasteiger partial charge in [0.05, 0.1) is 42.1 Å². The number of aromatic hydroxyl groups is 1. The summed E-state index contributed by atoms with van der Waals surface area (Å²) in [5, 5.41) is 10.3. The van der Waals surface area contributed by atoms with E-state index in [0.717, 1.165) is 27.5 Å². The van der Waals surface area contributed by atoms with Gasteiger partial charge in [0.2, 0.25) is 5.88 Å². The largest absolute Gasteiger partial charge is 0.501 e. The Morgan fingerprint density at radius 2 is 1.77 bits per heavy atom. The molecule has 14 heteroatoms. The third-order valence-corrected chi connectivity index (χ3v) is 6.93. The molecule has 0 saturated carbocycles. The topological polar surface area (TPSA) is 124 Å². The number of rotatable bonds is 5. The van der Waals surface area contributed by atoms with E-state index in [9.17, 15) is 36.3 Å². The van der Waals surface area contributed by atoms with Crippen molar-refractivity contribution in [3.05, 3.63) is 70.5 Å². The van der Waals surface area contributed by atoms with Crippen LogP contribution in [0.3, 0.4) is 0 Å². The van der Waals surface area contributed by atoms with Crippen LogP contribution in [-0.4, -0.2) is 70.3 Å². The molecule has 1 aromatic carbocycles. The van der Waals surface area contributed by atoms with Crippen LogP contribution >= 0.6 is 0 Å². The zero-order valence-corrected chi connectivity index (χ0v) is 18.8. The molecule has 1 amide bonds. The van der Waals surface area contributed by atoms with Crippen LogP contribution in [0.15, 0.2) is 58.6 Å². The van der Waals surface area contributed by atoms with E-state index < -0.39 is 31.8 Å². The number of nitrogens with zero attached hydrogens (tertiary/aromatic N) is 4. The average Bonchev–Trinajstić information content (AvgIpc) is 3.11. The maximum absolute atomic E-state index is 13.0. The Bertz CT molecular complexity index is 1410. The Hall–Kier alpha value is -3.65. The summed E-state index contributed by atoms with van der Waals surface area (Å²) in [7, 11) is -5.56. The number of benzene rings is 1. The Morgan fingerprint density at radius 3 is 2.40 bits per heavy atom. The van der Waals surface area contributed by atoms with Crippen molar-refractivity contribution in [1.29, 1.82) is 0 Å². The molecular formula is C21H19F3N4O6S. The first-order valence-electron chi connectivity index (χ1n) is 10.2. The number of hydrogen-bond acceptors (Lipinski definition) is 7. The summed E-state index contributed by atoms with van der Waals surface area (Å²) in [6.07, 6.45) is 3.94. The number of halogens is 3. The predicted molar refractivity (Wildman–Crippen MR) is 115 cm³/mol. The van der Waals surface area contributed by atoms with Gasteiger partial charge in [-0.25, -0.2) is 17.8 Å². The molecule has 2 aromatic heterocycles. The van der Waals surface area contributed by atoms with Gasteiger partial charge in [0.15, 0.2) is 0 Å². The van der Waals surface area contributed by atoms with Crippen LogP contribution < -0.4 is 5.69 Å². The van der Waals surface area contributed by atoms with Gasteiger partial charge in [-0.15, -0.1) is 0 Å². The highest BCUT2D eigenvalue weighted by molar-refractivity contribution is 7.92. The standard InChI is InChI=1S/C21H19F3N4O6S/c22-21(23,24)35(32,33)16-3-1-15(2-4-16)28-18(29)13-27(20(28)31)12-14-5-6-25-11-17(14)19(30)26-7-9-34-10-8-26/h1-6,11,13,29H,7-10,12H2. The molecule has 35 heavy (non-hydrogen) atoms. The molecule has 0 unspecified atom stereocenters. The van der Waals surface area contributed by atoms with E-state index in [4.69, 9.17) is 4.74 Å². The van der Waals surface area contributed by atoms with Gasteiger partial charge < -0.3 is 14.7 Å². The van der Waals surface area contributed by atoms with Gasteiger partial charge in [-0.3, -0.25) is 14.3 Å². The lowest BCUT2D eigenvalue weighted by Crippen LogP contribution is -2.41. The summed E-state index contributed by atoms with van der Waals surface area (Å²) >= 11 is 0. The summed E-state index contributed by atoms with van der Waals surface area (Å²) in [5.41, 5.74) is -5.54. The number of carbonyl (C=O) groups excluding carboxylic acids is 1. The molecule has 0 radical (unpaired) electrons. The molecule has 1 fully saturated rings. The number of imidazole rings is 1. The molecule has 0 bridgehead atoms. The van der Waals surface area contributed by atoms with Crippen LogP contribution in [0.4, 0.5) is 13.2 Å². The quantitative estimate of drug-likeness (QED) is 0.550. The first-order valence-corrected chi connectivity index (χ1v) is 11.7. The number of hydrogen-bond donors (Lipinski definition) is 1. The minimum atomic E-state index is -5.56. The third-order valence-electron chi connectivity index (χ3n) is 5.43. The van der Waals surface area contributed by atoms with Crippen LogP contribution in [0.2, 0.25) is 0 Å². The normalized spacial score (nSPS) is 14.8. The Morgan fingerprint density at radius 1 is 1.11 bits per heavy atom. The fraction of sp³-hybridized carbons (Fsp3) is 0.286. The van der Waals surface area contributed by atoms with Crippen LogP contribution in [0.1, 0.15) is 15.9 Å². The van der Waals surface area contributed by atoms with Crippen LogP contribution in [0.25, 0.3) is 5.69 Å². The van der Waals surface area contributed by atoms with Crippen molar-refractivity contribution in [3.8, 4) is 11.6 Å². The highest BCUT2D eigenvalue weighted by Crippen LogP contribution is 2.30. The lowest BCUT2D eigenvalue weighted by Gasteiger charge is -2.27. The maximum atomic E-state index is 13.0. The van der Waals surface area contributed by atoms with E-state index >= 15 is 0 Å². The molecule has 0 spiro atoms. The average molecular weight is 512 g/mol. The van der Waals surface area contributed by atoms with Crippen LogP contribution in [-0.2, 0) is 21.1 Å². The highest BCUT2D eigenvalue weighted by atomic mass is 32.2. The van der Waals surface area contributed by atoms with Gasteiger partial charge in [0, 0.05) is 25.5 Å². The summed E-state index contributed by atoms with van der Waals surface area (Å²) in [6, 6.07) is 4.91. The third kappa shape index (κ3) is 4.66. The maximum Gasteiger partial charge on any atom is 0.501 e. The first kappa shape index (κ1) is 24.5. The lowest BCUT2D eigenvalue weighted by atomic mass is 10.1. The van der Waals surface area contributed by atoms with Crippen molar-refractivity contribution >= 4 is 15.7 Å². The molecular weight excluding hydrogens is 493 g/mol. The van der Waals surface area contributed by atoms with Gasteiger partial charge in [-0.1, -0.05) is 0 Å². The van der Waals surface area contributed by atoms with E-state index in [1.807, 2.05) is 0 Å². The molecule has 4 rings (SSSR count). The Labute approximate surface area is 196 Å². The summed E-state index contributed by atoms with van der Waals surface area (Å²) in [6.45, 7) is 1.52. The number of alkyl halides is 3. The molecule has 1 saturated heterocycles. The van der Waals surface area contributed by atoms with Gasteiger partial charge in [0.1, 0.15) is 0 Å². The number of morpholine rings is 1. The number of ether oxygens (including phenoxy) is 1. The monoisotopic (exact) mass is 512 g/mol. The van der Waals surface area contributed by atoms with Gasteiger partial charge >= 0.3 is 11.2 Å². The molecule has 1 N–H and O–H groups in total. The minimum absolute atomic E-state index is 0.0493. The molecule has 1 aliphatic rings. The molecule has 3 heterocycles. The molecule has 0 atom stereocenters. The van der Waals surface area contributed by atoms with Gasteiger partial charge in [-0.2, -0.15) is 13.2 Å². The Balaban J connectivity index is 1.64. The zero-order valence-electron chi connectivity index (χ0n) is 18.0. The number of sulfone groups is 1. The second-order valence-corrected chi connectivity index (χ2v) is 9.55. The van der Waals surface area contributed by atoms with E-state index in [2.05, 4.69) is 4.98 Å². The summed E-state index contributed by atoms with van der Waals surface area (Å²) in [4.78, 5) is 30.5. The minimum Gasteiger partial charge on any atom is -0.493 e. The SMILES string of the molecule is O=C(c1cnccc1Cn1cc(O)n(-c2ccc(S(=O)(=O)C(F)(F)F)cc2)c1=O)N1CCOCC1. The predicted octanol–water partition coefficient (Wildman–Crippen LogP) is 1.55. The Kier molecular flexibility index (Phi) is 6.42. The highest BCUT2D eigenvalue weighted by Gasteiger charge is 2.46. The van der Waals surface area contributed by atoms with Crippen molar-refractivity contribution in [2.75, 3.05) is 26.3 Å². The van der Waals surface area contributed by atoms with Crippen molar-refractivity contribution in [2.45, 2.75) is 16.9 Å². The summed E-state index contributed by atoms with van der Waals surface area (Å²) < 4.78 is 68.6. The van der Waals surface area contributed by atoms with Gasteiger partial charge in [-0.05, 0) is 35.9 Å². The van der Waals surface area contributed by atoms with Gasteiger partial charge in [0.25, 0.3) is 15.7 Å². The number of pyridine rings is 1. The van der Waals surface area contributed by atoms with Crippen molar-refractivity contribution in [1.82, 2.24) is 19.0 Å². The number of aromatic nitrogens is 3. The second-order valence-electron chi connectivity index (χ2n) is 7.61. The molecule has 1 aliphatic heterocycles. The fourth-order valence-corrected chi connectivity index (χ4v) is 4.38. The molecule has 0 aliphatic carbocycles. The molecule has 186 valence electrons. The second kappa shape index (κ2) is 9.19. The number of carbonyl (C=O) groups is 1. The molecule has 3 aromatic rings. The van der Waals surface area contributed by atoms with Crippen molar-refractivity contribution < 1.29 is 36.2 Å². The number of amides is 1. The van der Waals surface area contributed by atoms with Crippen LogP contribution in [0.5, 0.6) is 5.88 Å². The van der Waals surface area contributed by atoms with Crippen molar-refractivity contribution in [3.63, 3.8) is 0 Å². The fourth-order valence-electron chi connectivity index (χ4n) is 3.62. The first-order chi connectivity index (χ1) is 16.5.